The summed E-state index contributed by atoms with van der Waals surface area (Å²) in [4.78, 5) is 29.7. The van der Waals surface area contributed by atoms with E-state index in [0.29, 0.717) is 17.9 Å². The van der Waals surface area contributed by atoms with Crippen molar-refractivity contribution < 1.29 is 9.90 Å². The molecule has 0 aliphatic heterocycles. The third-order valence-corrected chi connectivity index (χ3v) is 2.95. The molecule has 0 saturated carbocycles. The van der Waals surface area contributed by atoms with Crippen LogP contribution in [0, 0.1) is 11.7 Å². The van der Waals surface area contributed by atoms with Crippen molar-refractivity contribution >= 4 is 29.2 Å². The quantitative estimate of drug-likeness (QED) is 0.803. The van der Waals surface area contributed by atoms with Gasteiger partial charge in [-0.05, 0) is 32.1 Å². The highest BCUT2D eigenvalue weighted by atomic mass is 32.1. The Bertz CT molecular complexity index is 760. The van der Waals surface area contributed by atoms with E-state index in [1.165, 1.54) is 6.07 Å². The number of aromatic amines is 1. The largest absolute Gasteiger partial charge is 0.478 e. The molecule has 0 fully saturated rings. The Kier molecular flexibility index (Phi) is 3.00. The highest BCUT2D eigenvalue weighted by Gasteiger charge is 2.16. The van der Waals surface area contributed by atoms with Gasteiger partial charge in [0.15, 0.2) is 4.77 Å². The van der Waals surface area contributed by atoms with Gasteiger partial charge in [-0.1, -0.05) is 0 Å². The lowest BCUT2D eigenvalue weighted by atomic mass is 10.1. The molecule has 0 saturated heterocycles. The van der Waals surface area contributed by atoms with Gasteiger partial charge in [-0.2, -0.15) is 0 Å². The molecule has 0 spiro atoms. The first-order valence-corrected chi connectivity index (χ1v) is 5.74. The van der Waals surface area contributed by atoms with Crippen LogP contribution in [0.1, 0.15) is 23.0 Å². The van der Waals surface area contributed by atoms with Crippen LogP contribution in [0.25, 0.3) is 11.0 Å². The molecule has 0 bridgehead atoms. The molecule has 18 heavy (non-hydrogen) atoms. The maximum Gasteiger partial charge on any atom is 0.336 e. The summed E-state index contributed by atoms with van der Waals surface area (Å²) in [7, 11) is 0. The molecule has 2 N–H and O–H groups in total. The van der Waals surface area contributed by atoms with E-state index >= 15 is 0 Å². The Morgan fingerprint density at radius 2 is 2.28 bits per heavy atom. The summed E-state index contributed by atoms with van der Waals surface area (Å²) in [6, 6.07) is 1.38. The van der Waals surface area contributed by atoms with Crippen molar-refractivity contribution in [3.63, 3.8) is 0 Å². The zero-order chi connectivity index (χ0) is 13.4. The number of H-pyrrole nitrogens is 1. The fourth-order valence-electron chi connectivity index (χ4n) is 1.86. The molecule has 0 aromatic carbocycles. The molecule has 2 aromatic heterocycles. The average molecular weight is 265 g/mol. The Hall–Kier alpha value is -2.02. The number of hydrogen-bond acceptors (Lipinski definition) is 4. The molecule has 0 aliphatic carbocycles. The zero-order valence-corrected chi connectivity index (χ0v) is 10.7. The highest BCUT2D eigenvalue weighted by Crippen LogP contribution is 2.15. The fourth-order valence-corrected chi connectivity index (χ4v) is 2.17. The van der Waals surface area contributed by atoms with Crippen LogP contribution >= 0.6 is 12.2 Å². The van der Waals surface area contributed by atoms with E-state index in [1.54, 1.807) is 11.5 Å². The van der Waals surface area contributed by atoms with E-state index in [2.05, 4.69) is 9.97 Å². The average Bonchev–Trinajstić information content (AvgIpc) is 2.27. The van der Waals surface area contributed by atoms with Crippen LogP contribution in [0.3, 0.4) is 0 Å². The number of nitrogens with zero attached hydrogens (tertiary/aromatic N) is 2. The van der Waals surface area contributed by atoms with Gasteiger partial charge in [0.05, 0.1) is 10.9 Å². The molecule has 7 heteroatoms. The molecule has 6 nitrogen and oxygen atoms in total. The molecule has 94 valence electrons. The molecule has 2 rings (SSSR count). The lowest BCUT2D eigenvalue weighted by molar-refractivity contribution is 0.0698. The molecule has 2 aromatic rings. The second kappa shape index (κ2) is 4.34. The third-order valence-electron chi connectivity index (χ3n) is 2.62. The van der Waals surface area contributed by atoms with Crippen molar-refractivity contribution in [3.05, 3.63) is 32.4 Å². The van der Waals surface area contributed by atoms with Gasteiger partial charge in [-0.15, -0.1) is 0 Å². The van der Waals surface area contributed by atoms with Gasteiger partial charge in [-0.25, -0.2) is 9.78 Å². The number of aromatic nitrogens is 3. The van der Waals surface area contributed by atoms with E-state index in [0.717, 1.165) is 0 Å². The smallest absolute Gasteiger partial charge is 0.336 e. The van der Waals surface area contributed by atoms with Crippen LogP contribution in [0.2, 0.25) is 0 Å². The Morgan fingerprint density at radius 3 is 2.83 bits per heavy atom. The predicted octanol–water partition coefficient (Wildman–Crippen LogP) is 1.48. The van der Waals surface area contributed by atoms with Crippen LogP contribution in [0.5, 0.6) is 0 Å². The van der Waals surface area contributed by atoms with Crippen molar-refractivity contribution in [2.45, 2.75) is 20.4 Å². The van der Waals surface area contributed by atoms with Gasteiger partial charge in [0.25, 0.3) is 5.56 Å². The minimum absolute atomic E-state index is 0.0588. The molecule has 0 atom stereocenters. The topological polar surface area (TPSA) is 88.0 Å². The summed E-state index contributed by atoms with van der Waals surface area (Å²) in [6.45, 7) is 4.02. The molecular weight excluding hydrogens is 254 g/mol. The Morgan fingerprint density at radius 1 is 1.61 bits per heavy atom. The van der Waals surface area contributed by atoms with Crippen LogP contribution < -0.4 is 5.56 Å². The Balaban J connectivity index is 3.13. The summed E-state index contributed by atoms with van der Waals surface area (Å²) in [5.41, 5.74) is 0.256. The molecule has 2 heterocycles. The number of carbonyl (C=O) groups is 1. The number of rotatable bonds is 2. The fraction of sp³-hybridized carbons (Fsp3) is 0.273. The number of carboxylic acid groups (broad SMARTS) is 1. The van der Waals surface area contributed by atoms with Crippen LogP contribution in [-0.2, 0) is 6.54 Å². The van der Waals surface area contributed by atoms with Gasteiger partial charge in [0.1, 0.15) is 5.65 Å². The molecular formula is C11H11N3O3S. The van der Waals surface area contributed by atoms with E-state index in [4.69, 9.17) is 17.3 Å². The van der Waals surface area contributed by atoms with Crippen LogP contribution in [-0.4, -0.2) is 25.6 Å². The normalized spacial score (nSPS) is 10.8. The number of nitrogens with one attached hydrogen (secondary N) is 1. The Labute approximate surface area is 107 Å². The number of hydrogen-bond donors (Lipinski definition) is 2. The minimum atomic E-state index is -1.16. The second-order valence-corrected chi connectivity index (χ2v) is 4.21. The SMILES string of the molecule is CCn1c(=S)[nH]c(=O)c2c(C(=O)O)cc(C)nc21. The second-order valence-electron chi connectivity index (χ2n) is 3.82. The van der Waals surface area contributed by atoms with Gasteiger partial charge in [-0.3, -0.25) is 9.78 Å². The summed E-state index contributed by atoms with van der Waals surface area (Å²) >= 11 is 5.04. The van der Waals surface area contributed by atoms with Crippen molar-refractivity contribution in [1.82, 2.24) is 14.5 Å². The third kappa shape index (κ3) is 1.82. The summed E-state index contributed by atoms with van der Waals surface area (Å²) in [6.07, 6.45) is 0. The number of aryl methyl sites for hydroxylation is 2. The van der Waals surface area contributed by atoms with Crippen molar-refractivity contribution in [2.24, 2.45) is 0 Å². The molecule has 0 amide bonds. The lowest BCUT2D eigenvalue weighted by Crippen LogP contribution is -2.18. The van der Waals surface area contributed by atoms with E-state index in [9.17, 15) is 9.59 Å². The number of carboxylic acids is 1. The van der Waals surface area contributed by atoms with Gasteiger partial charge in [0.2, 0.25) is 0 Å². The van der Waals surface area contributed by atoms with Crippen LogP contribution in [0.15, 0.2) is 10.9 Å². The summed E-state index contributed by atoms with van der Waals surface area (Å²) in [5.74, 6) is -1.16. The first-order chi connectivity index (χ1) is 8.45. The number of fused-ring (bicyclic) bond motifs is 1. The van der Waals surface area contributed by atoms with E-state index < -0.39 is 11.5 Å². The van der Waals surface area contributed by atoms with Crippen molar-refractivity contribution in [2.75, 3.05) is 0 Å². The maximum absolute atomic E-state index is 11.9. The first kappa shape index (κ1) is 12.4. The first-order valence-electron chi connectivity index (χ1n) is 5.33. The van der Waals surface area contributed by atoms with E-state index in [-0.39, 0.29) is 15.7 Å². The maximum atomic E-state index is 11.9. The summed E-state index contributed by atoms with van der Waals surface area (Å²) < 4.78 is 1.84. The van der Waals surface area contributed by atoms with Crippen LogP contribution in [0.4, 0.5) is 0 Å². The standard InChI is InChI=1S/C11H11N3O3S/c1-3-14-8-7(9(15)13-11(14)18)6(10(16)17)4-5(2)12-8/h4H,3H2,1-2H3,(H,16,17)(H,13,15,18). The van der Waals surface area contributed by atoms with Gasteiger partial charge >= 0.3 is 5.97 Å². The van der Waals surface area contributed by atoms with Gasteiger partial charge < -0.3 is 9.67 Å². The molecule has 0 aliphatic rings. The highest BCUT2D eigenvalue weighted by molar-refractivity contribution is 7.71. The number of pyridine rings is 1. The van der Waals surface area contributed by atoms with Gasteiger partial charge in [0, 0.05) is 12.2 Å². The molecule has 0 unspecified atom stereocenters. The monoisotopic (exact) mass is 265 g/mol. The van der Waals surface area contributed by atoms with Crippen molar-refractivity contribution in [1.29, 1.82) is 0 Å². The number of aromatic carboxylic acids is 1. The minimum Gasteiger partial charge on any atom is -0.478 e. The molecule has 0 radical (unpaired) electrons. The van der Waals surface area contributed by atoms with Crippen molar-refractivity contribution in [3.8, 4) is 0 Å². The predicted molar refractivity (Wildman–Crippen MR) is 68.6 cm³/mol. The lowest BCUT2D eigenvalue weighted by Gasteiger charge is -2.09. The zero-order valence-electron chi connectivity index (χ0n) is 9.85. The summed E-state index contributed by atoms with van der Waals surface area (Å²) in [5, 5.41) is 9.21. The van der Waals surface area contributed by atoms with E-state index in [1.807, 2.05) is 6.92 Å².